The van der Waals surface area contributed by atoms with Gasteiger partial charge in [-0.1, -0.05) is 60.7 Å². The molecule has 0 spiro atoms. The van der Waals surface area contributed by atoms with Crippen LogP contribution in [0.1, 0.15) is 38.5 Å². The first kappa shape index (κ1) is 18.2. The Morgan fingerprint density at radius 1 is 0.808 bits per heavy atom. The van der Waals surface area contributed by atoms with Crippen molar-refractivity contribution in [3.63, 3.8) is 0 Å². The average molecular weight is 383 g/mol. The highest BCUT2D eigenvalue weighted by atomic mass is 28.4. The molecule has 0 radical (unpaired) electrons. The van der Waals surface area contributed by atoms with Crippen LogP contribution in [-0.2, 0) is 9.47 Å². The van der Waals surface area contributed by atoms with Crippen molar-refractivity contribution in [2.75, 3.05) is 13.2 Å². The minimum absolute atomic E-state index is 0.00988. The summed E-state index contributed by atoms with van der Waals surface area (Å²) in [4.78, 5) is 0.00988. The van der Waals surface area contributed by atoms with Gasteiger partial charge in [0.1, 0.15) is 0 Å². The van der Waals surface area contributed by atoms with E-state index in [4.69, 9.17) is 9.47 Å². The summed E-state index contributed by atoms with van der Waals surface area (Å²) in [5.74, 6) is 0. The zero-order valence-electron chi connectivity index (χ0n) is 15.8. The van der Waals surface area contributed by atoms with Crippen LogP contribution in [-0.4, -0.2) is 42.1 Å². The van der Waals surface area contributed by atoms with Gasteiger partial charge in [-0.15, -0.1) is 0 Å². The first-order chi connectivity index (χ1) is 12.8. The SMILES string of the molecule is [SiH3]C1([Si](c2ccccc2)(c2ccccc2)C2CCCCO2)CCCCO1. The second-order valence-electron chi connectivity index (χ2n) is 7.93. The quantitative estimate of drug-likeness (QED) is 0.755. The Kier molecular flexibility index (Phi) is 5.46. The fourth-order valence-corrected chi connectivity index (χ4v) is 14.8. The third-order valence-corrected chi connectivity index (χ3v) is 15.6. The summed E-state index contributed by atoms with van der Waals surface area (Å²) in [7, 11) is -1.20. The van der Waals surface area contributed by atoms with Gasteiger partial charge in [0, 0.05) is 23.5 Å². The van der Waals surface area contributed by atoms with Crippen LogP contribution in [0, 0.1) is 0 Å². The third-order valence-electron chi connectivity index (χ3n) is 6.42. The van der Waals surface area contributed by atoms with E-state index < -0.39 is 8.07 Å². The van der Waals surface area contributed by atoms with Crippen molar-refractivity contribution in [3.8, 4) is 0 Å². The van der Waals surface area contributed by atoms with Crippen LogP contribution < -0.4 is 10.4 Å². The molecule has 4 rings (SSSR count). The van der Waals surface area contributed by atoms with Gasteiger partial charge in [0.15, 0.2) is 8.07 Å². The van der Waals surface area contributed by atoms with Gasteiger partial charge in [0.2, 0.25) is 0 Å². The lowest BCUT2D eigenvalue weighted by Gasteiger charge is -2.54. The van der Waals surface area contributed by atoms with Gasteiger partial charge in [0.25, 0.3) is 0 Å². The molecule has 2 aliphatic heterocycles. The Morgan fingerprint density at radius 3 is 1.92 bits per heavy atom. The van der Waals surface area contributed by atoms with Crippen LogP contribution in [0.2, 0.25) is 0 Å². The molecule has 2 saturated heterocycles. The Bertz CT molecular complexity index is 653. The Balaban J connectivity index is 1.96. The fourth-order valence-electron chi connectivity index (χ4n) is 5.22. The molecular formula is C22H30O2Si2. The summed E-state index contributed by atoms with van der Waals surface area (Å²) < 4.78 is 13.3. The van der Waals surface area contributed by atoms with Crippen LogP contribution in [0.5, 0.6) is 0 Å². The van der Waals surface area contributed by atoms with Crippen molar-refractivity contribution in [3.05, 3.63) is 60.7 Å². The summed E-state index contributed by atoms with van der Waals surface area (Å²) in [6.07, 6.45) is 7.31. The molecule has 2 fully saturated rings. The van der Waals surface area contributed by atoms with Crippen molar-refractivity contribution in [2.45, 2.75) is 49.1 Å². The Morgan fingerprint density at radius 2 is 1.42 bits per heavy atom. The lowest BCUT2D eigenvalue weighted by molar-refractivity contribution is 0.0120. The van der Waals surface area contributed by atoms with Gasteiger partial charge >= 0.3 is 0 Å². The second kappa shape index (κ2) is 7.81. The van der Waals surface area contributed by atoms with E-state index in [1.807, 2.05) is 0 Å². The van der Waals surface area contributed by atoms with E-state index in [9.17, 15) is 0 Å². The van der Waals surface area contributed by atoms with E-state index in [1.54, 1.807) is 0 Å². The van der Waals surface area contributed by atoms with Crippen molar-refractivity contribution < 1.29 is 9.47 Å². The highest BCUT2D eigenvalue weighted by Crippen LogP contribution is 2.37. The molecule has 2 aromatic rings. The van der Waals surface area contributed by atoms with Crippen LogP contribution in [0.15, 0.2) is 60.7 Å². The molecule has 2 unspecified atom stereocenters. The van der Waals surface area contributed by atoms with Crippen molar-refractivity contribution in [1.29, 1.82) is 0 Å². The van der Waals surface area contributed by atoms with Crippen molar-refractivity contribution in [1.82, 2.24) is 0 Å². The van der Waals surface area contributed by atoms with E-state index in [0.717, 1.165) is 23.5 Å². The Hall–Kier alpha value is -1.21. The monoisotopic (exact) mass is 382 g/mol. The van der Waals surface area contributed by atoms with Gasteiger partial charge in [-0.3, -0.25) is 0 Å². The van der Waals surface area contributed by atoms with Crippen molar-refractivity contribution in [2.24, 2.45) is 0 Å². The van der Waals surface area contributed by atoms with Crippen LogP contribution in [0.25, 0.3) is 0 Å². The number of benzene rings is 2. The van der Waals surface area contributed by atoms with Gasteiger partial charge in [-0.25, -0.2) is 0 Å². The molecular weight excluding hydrogens is 352 g/mol. The topological polar surface area (TPSA) is 18.5 Å². The molecule has 26 heavy (non-hydrogen) atoms. The standard InChI is InChI=1S/C22H30O2Si2/c25-22(16-8-10-18-24-22)26(19-11-3-1-4-12-19,20-13-5-2-6-14-20)21-15-7-9-17-23-21/h1-6,11-14,21H,7-10,15-18H2,25H3. The molecule has 0 saturated carbocycles. The van der Waals surface area contributed by atoms with E-state index in [0.29, 0.717) is 5.73 Å². The summed E-state index contributed by atoms with van der Waals surface area (Å²) in [5.41, 5.74) is 0.316. The molecule has 0 N–H and O–H groups in total. The minimum Gasteiger partial charge on any atom is -0.382 e. The van der Waals surface area contributed by atoms with Gasteiger partial charge in [-0.05, 0) is 48.9 Å². The summed E-state index contributed by atoms with van der Waals surface area (Å²) in [6, 6.07) is 22.5. The predicted molar refractivity (Wildman–Crippen MR) is 114 cm³/mol. The van der Waals surface area contributed by atoms with Gasteiger partial charge in [-0.2, -0.15) is 0 Å². The summed E-state index contributed by atoms with van der Waals surface area (Å²) >= 11 is 0. The maximum absolute atomic E-state index is 6.74. The Labute approximate surface area is 161 Å². The van der Waals surface area contributed by atoms with Crippen LogP contribution >= 0.6 is 0 Å². The number of rotatable bonds is 4. The summed E-state index contributed by atoms with van der Waals surface area (Å²) in [5, 5.41) is 2.99. The van der Waals surface area contributed by atoms with Crippen molar-refractivity contribution >= 4 is 28.7 Å². The third kappa shape index (κ3) is 3.03. The number of hydrogen-bond donors (Lipinski definition) is 0. The normalized spacial score (nSPS) is 27.3. The second-order valence-corrected chi connectivity index (χ2v) is 15.0. The molecule has 0 bridgehead atoms. The van der Waals surface area contributed by atoms with E-state index >= 15 is 0 Å². The molecule has 0 amide bonds. The smallest absolute Gasteiger partial charge is 0.177 e. The molecule has 2 aliphatic rings. The van der Waals surface area contributed by atoms with E-state index in [2.05, 4.69) is 60.7 Å². The molecule has 2 atom stereocenters. The maximum Gasteiger partial charge on any atom is 0.177 e. The molecule has 138 valence electrons. The lowest BCUT2D eigenvalue weighted by Crippen LogP contribution is -2.81. The average Bonchev–Trinajstić information content (AvgIpc) is 2.71. The molecule has 0 aliphatic carbocycles. The fraction of sp³-hybridized carbons (Fsp3) is 0.455. The first-order valence-corrected chi connectivity index (χ1v) is 13.2. The van der Waals surface area contributed by atoms with E-state index in [-0.39, 0.29) is 4.85 Å². The lowest BCUT2D eigenvalue weighted by atomic mass is 10.2. The van der Waals surface area contributed by atoms with Gasteiger partial charge in [0.05, 0.1) is 10.6 Å². The molecule has 2 nitrogen and oxygen atoms in total. The molecule has 2 aromatic carbocycles. The van der Waals surface area contributed by atoms with Crippen LogP contribution in [0.3, 0.4) is 0 Å². The van der Waals surface area contributed by atoms with E-state index in [1.165, 1.54) is 48.9 Å². The molecule has 4 heteroatoms. The zero-order valence-corrected chi connectivity index (χ0v) is 18.8. The molecule has 0 aromatic heterocycles. The van der Waals surface area contributed by atoms with Gasteiger partial charge < -0.3 is 9.47 Å². The maximum atomic E-state index is 6.74. The van der Waals surface area contributed by atoms with Crippen LogP contribution in [0.4, 0.5) is 0 Å². The molecule has 2 heterocycles. The predicted octanol–water partition coefficient (Wildman–Crippen LogP) is 2.16. The first-order valence-electron chi connectivity index (χ1n) is 10.1. The zero-order chi connectivity index (χ0) is 17.9. The largest absolute Gasteiger partial charge is 0.382 e. The minimum atomic E-state index is -2.25. The highest BCUT2D eigenvalue weighted by Gasteiger charge is 2.59. The number of hydrogen-bond acceptors (Lipinski definition) is 2. The summed E-state index contributed by atoms with van der Waals surface area (Å²) in [6.45, 7) is 1.81. The highest BCUT2D eigenvalue weighted by molar-refractivity contribution is 7.08. The number of ether oxygens (including phenoxy) is 2.